The van der Waals surface area contributed by atoms with Gasteiger partial charge in [0.15, 0.2) is 0 Å². The lowest BCUT2D eigenvalue weighted by Crippen LogP contribution is -2.24. The van der Waals surface area contributed by atoms with Gasteiger partial charge in [-0.05, 0) is 44.0 Å². The number of hydrogen-bond donors (Lipinski definition) is 1. The molecule has 2 nitrogen and oxygen atoms in total. The molecule has 0 saturated carbocycles. The zero-order valence-corrected chi connectivity index (χ0v) is 12.0. The Labute approximate surface area is 118 Å². The molecular formula is C15H22F3NO. The Morgan fingerprint density at radius 2 is 1.80 bits per heavy atom. The van der Waals surface area contributed by atoms with E-state index in [-0.39, 0.29) is 12.5 Å². The maximum atomic E-state index is 12.4. The second kappa shape index (κ2) is 8.15. The molecule has 1 atom stereocenters. The summed E-state index contributed by atoms with van der Waals surface area (Å²) in [4.78, 5) is 0. The van der Waals surface area contributed by atoms with Gasteiger partial charge < -0.3 is 10.1 Å². The molecule has 0 aromatic heterocycles. The molecule has 0 aliphatic heterocycles. The molecule has 0 amide bonds. The summed E-state index contributed by atoms with van der Waals surface area (Å²) in [6.45, 7) is 5.16. The molecule has 0 spiro atoms. The summed E-state index contributed by atoms with van der Waals surface area (Å²) in [6.07, 6.45) is -3.95. The van der Waals surface area contributed by atoms with E-state index in [2.05, 4.69) is 5.32 Å². The van der Waals surface area contributed by atoms with Gasteiger partial charge in [0.2, 0.25) is 0 Å². The summed E-state index contributed by atoms with van der Waals surface area (Å²) in [5.41, 5.74) is 0.867. The molecule has 1 rings (SSSR count). The van der Waals surface area contributed by atoms with Crippen molar-refractivity contribution in [1.82, 2.24) is 5.32 Å². The largest absolute Gasteiger partial charge is 0.494 e. The first-order valence-corrected chi connectivity index (χ1v) is 6.99. The summed E-state index contributed by atoms with van der Waals surface area (Å²) in [6, 6.07) is 6.98. The van der Waals surface area contributed by atoms with Crippen LogP contribution in [0.5, 0.6) is 5.75 Å². The van der Waals surface area contributed by atoms with Crippen LogP contribution in [0.1, 0.15) is 44.7 Å². The molecule has 0 heterocycles. The van der Waals surface area contributed by atoms with Crippen LogP contribution in [0.25, 0.3) is 0 Å². The number of rotatable bonds is 8. The van der Waals surface area contributed by atoms with Gasteiger partial charge in [-0.2, -0.15) is 13.2 Å². The van der Waals surface area contributed by atoms with E-state index in [4.69, 9.17) is 4.74 Å². The minimum Gasteiger partial charge on any atom is -0.494 e. The zero-order valence-electron chi connectivity index (χ0n) is 12.0. The molecule has 1 unspecified atom stereocenters. The standard InChI is InChI=1S/C15H22F3NO/c1-3-11-19-14(9-10-15(16,17)18)12-5-7-13(8-6-12)20-4-2/h5-8,14,19H,3-4,9-11H2,1-2H3. The highest BCUT2D eigenvalue weighted by atomic mass is 19.4. The van der Waals surface area contributed by atoms with Crippen LogP contribution in [0.2, 0.25) is 0 Å². The smallest absolute Gasteiger partial charge is 0.389 e. The number of hydrogen-bond acceptors (Lipinski definition) is 2. The Morgan fingerprint density at radius 1 is 1.15 bits per heavy atom. The van der Waals surface area contributed by atoms with Crippen molar-refractivity contribution in [3.63, 3.8) is 0 Å². The number of nitrogens with one attached hydrogen (secondary N) is 1. The highest BCUT2D eigenvalue weighted by Crippen LogP contribution is 2.28. The third kappa shape index (κ3) is 6.28. The van der Waals surface area contributed by atoms with Crippen molar-refractivity contribution in [2.24, 2.45) is 0 Å². The van der Waals surface area contributed by atoms with E-state index in [0.717, 1.165) is 17.7 Å². The van der Waals surface area contributed by atoms with Crippen molar-refractivity contribution in [3.8, 4) is 5.75 Å². The van der Waals surface area contributed by atoms with Crippen LogP contribution < -0.4 is 10.1 Å². The van der Waals surface area contributed by atoms with Gasteiger partial charge in [0, 0.05) is 12.5 Å². The average Bonchev–Trinajstić information content (AvgIpc) is 2.39. The summed E-state index contributed by atoms with van der Waals surface area (Å²) >= 11 is 0. The molecule has 1 aromatic carbocycles. The van der Waals surface area contributed by atoms with Crippen molar-refractivity contribution in [2.45, 2.75) is 45.3 Å². The Morgan fingerprint density at radius 3 is 2.30 bits per heavy atom. The monoisotopic (exact) mass is 289 g/mol. The zero-order chi connectivity index (χ0) is 15.0. The van der Waals surface area contributed by atoms with Gasteiger partial charge in [0.1, 0.15) is 5.75 Å². The Hall–Kier alpha value is -1.23. The van der Waals surface area contributed by atoms with E-state index in [1.165, 1.54) is 0 Å². The maximum Gasteiger partial charge on any atom is 0.389 e. The fraction of sp³-hybridized carbons (Fsp3) is 0.600. The number of alkyl halides is 3. The normalized spacial score (nSPS) is 13.2. The van der Waals surface area contributed by atoms with E-state index >= 15 is 0 Å². The third-order valence-corrected chi connectivity index (χ3v) is 2.95. The molecule has 0 bridgehead atoms. The van der Waals surface area contributed by atoms with Crippen molar-refractivity contribution in [1.29, 1.82) is 0 Å². The number of benzene rings is 1. The van der Waals surface area contributed by atoms with Crippen molar-refractivity contribution in [3.05, 3.63) is 29.8 Å². The summed E-state index contributed by atoms with van der Waals surface area (Å²) in [7, 11) is 0. The molecular weight excluding hydrogens is 267 g/mol. The van der Waals surface area contributed by atoms with Crippen LogP contribution in [0.4, 0.5) is 13.2 Å². The summed E-state index contributed by atoms with van der Waals surface area (Å²) < 4.78 is 42.4. The van der Waals surface area contributed by atoms with Crippen LogP contribution in [-0.2, 0) is 0 Å². The second-order valence-corrected chi connectivity index (χ2v) is 4.66. The quantitative estimate of drug-likeness (QED) is 0.762. The minimum absolute atomic E-state index is 0.0531. The summed E-state index contributed by atoms with van der Waals surface area (Å²) in [5, 5.41) is 3.17. The Kier molecular flexibility index (Phi) is 6.85. The molecule has 0 fully saturated rings. The first kappa shape index (κ1) is 16.8. The van der Waals surface area contributed by atoms with Gasteiger partial charge in [0.25, 0.3) is 0 Å². The van der Waals surface area contributed by atoms with Gasteiger partial charge in [-0.1, -0.05) is 19.1 Å². The highest BCUT2D eigenvalue weighted by Gasteiger charge is 2.28. The fourth-order valence-corrected chi connectivity index (χ4v) is 1.98. The summed E-state index contributed by atoms with van der Waals surface area (Å²) in [5.74, 6) is 0.737. The van der Waals surface area contributed by atoms with Crippen LogP contribution in [-0.4, -0.2) is 19.3 Å². The van der Waals surface area contributed by atoms with Gasteiger partial charge in [-0.3, -0.25) is 0 Å². The van der Waals surface area contributed by atoms with Gasteiger partial charge in [-0.15, -0.1) is 0 Å². The van der Waals surface area contributed by atoms with Crippen molar-refractivity contribution < 1.29 is 17.9 Å². The molecule has 0 saturated heterocycles. The van der Waals surface area contributed by atoms with E-state index in [1.807, 2.05) is 26.0 Å². The van der Waals surface area contributed by atoms with Gasteiger partial charge >= 0.3 is 6.18 Å². The topological polar surface area (TPSA) is 21.3 Å². The molecule has 114 valence electrons. The van der Waals surface area contributed by atoms with Crippen LogP contribution in [0.15, 0.2) is 24.3 Å². The SMILES string of the molecule is CCCNC(CCC(F)(F)F)c1ccc(OCC)cc1. The Balaban J connectivity index is 2.70. The predicted molar refractivity (Wildman–Crippen MR) is 73.9 cm³/mol. The molecule has 0 aliphatic rings. The average molecular weight is 289 g/mol. The molecule has 20 heavy (non-hydrogen) atoms. The Bertz CT molecular complexity index is 376. The van der Waals surface area contributed by atoms with E-state index in [9.17, 15) is 13.2 Å². The van der Waals surface area contributed by atoms with Crippen LogP contribution >= 0.6 is 0 Å². The molecule has 1 N–H and O–H groups in total. The number of ether oxygens (including phenoxy) is 1. The molecule has 5 heteroatoms. The van der Waals surface area contributed by atoms with E-state index < -0.39 is 12.6 Å². The molecule has 1 aromatic rings. The van der Waals surface area contributed by atoms with Gasteiger partial charge in [-0.25, -0.2) is 0 Å². The fourth-order valence-electron chi connectivity index (χ4n) is 1.98. The van der Waals surface area contributed by atoms with Crippen molar-refractivity contribution in [2.75, 3.05) is 13.2 Å². The number of halogens is 3. The molecule has 0 radical (unpaired) electrons. The lowest BCUT2D eigenvalue weighted by molar-refractivity contribution is -0.136. The first-order chi connectivity index (χ1) is 9.46. The third-order valence-electron chi connectivity index (χ3n) is 2.95. The van der Waals surface area contributed by atoms with E-state index in [1.54, 1.807) is 12.1 Å². The van der Waals surface area contributed by atoms with Crippen LogP contribution in [0.3, 0.4) is 0 Å². The lowest BCUT2D eigenvalue weighted by atomic mass is 10.0. The van der Waals surface area contributed by atoms with Crippen LogP contribution in [0, 0.1) is 0 Å². The highest BCUT2D eigenvalue weighted by molar-refractivity contribution is 5.29. The molecule has 0 aliphatic carbocycles. The maximum absolute atomic E-state index is 12.4. The predicted octanol–water partition coefficient (Wildman–Crippen LogP) is 4.47. The first-order valence-electron chi connectivity index (χ1n) is 6.99. The van der Waals surface area contributed by atoms with Crippen molar-refractivity contribution >= 4 is 0 Å². The van der Waals surface area contributed by atoms with Gasteiger partial charge in [0.05, 0.1) is 6.61 Å². The minimum atomic E-state index is -4.11. The lowest BCUT2D eigenvalue weighted by Gasteiger charge is -2.20. The van der Waals surface area contributed by atoms with E-state index in [0.29, 0.717) is 13.2 Å². The second-order valence-electron chi connectivity index (χ2n) is 4.66.